The third-order valence-corrected chi connectivity index (χ3v) is 4.60. The molecule has 4 heteroatoms. The molecule has 1 N–H and O–H groups in total. The van der Waals surface area contributed by atoms with Crippen LogP contribution in [0.1, 0.15) is 11.6 Å². The predicted molar refractivity (Wildman–Crippen MR) is 106 cm³/mol. The minimum Gasteiger partial charge on any atom is -0.351 e. The molecule has 0 spiro atoms. The highest BCUT2D eigenvalue weighted by molar-refractivity contribution is 6.30. The minimum absolute atomic E-state index is 0.0556. The standard InChI is InChI=1S/C22H17ClN2O/c23-17-13-11-16(12-14-17)21-15-20(24-18-7-3-1-4-8-18)22(26)25(21)19-9-5-2-6-10-19/h1-15,21,24H/t21-/m1/s1. The summed E-state index contributed by atoms with van der Waals surface area (Å²) in [5, 5.41) is 3.92. The van der Waals surface area contributed by atoms with E-state index in [1.807, 2.05) is 91.0 Å². The Labute approximate surface area is 157 Å². The maximum absolute atomic E-state index is 13.1. The van der Waals surface area contributed by atoms with Crippen molar-refractivity contribution in [3.63, 3.8) is 0 Å². The maximum atomic E-state index is 13.1. The van der Waals surface area contributed by atoms with Gasteiger partial charge in [-0.3, -0.25) is 9.69 Å². The van der Waals surface area contributed by atoms with E-state index in [0.29, 0.717) is 10.7 Å². The second-order valence-electron chi connectivity index (χ2n) is 6.08. The fourth-order valence-corrected chi connectivity index (χ4v) is 3.23. The summed E-state index contributed by atoms with van der Waals surface area (Å²) in [6, 6.07) is 26.8. The zero-order chi connectivity index (χ0) is 17.9. The van der Waals surface area contributed by atoms with E-state index < -0.39 is 0 Å². The van der Waals surface area contributed by atoms with Gasteiger partial charge < -0.3 is 5.32 Å². The summed E-state index contributed by atoms with van der Waals surface area (Å²) >= 11 is 6.03. The van der Waals surface area contributed by atoms with Crippen molar-refractivity contribution in [2.24, 2.45) is 0 Å². The number of hydrogen-bond donors (Lipinski definition) is 1. The van der Waals surface area contributed by atoms with Crippen molar-refractivity contribution >= 4 is 28.9 Å². The van der Waals surface area contributed by atoms with Gasteiger partial charge in [-0.05, 0) is 48.0 Å². The van der Waals surface area contributed by atoms with Crippen molar-refractivity contribution in [1.82, 2.24) is 0 Å². The van der Waals surface area contributed by atoms with Crippen molar-refractivity contribution < 1.29 is 4.79 Å². The van der Waals surface area contributed by atoms with Crippen LogP contribution in [0.25, 0.3) is 0 Å². The molecule has 3 aromatic rings. The van der Waals surface area contributed by atoms with E-state index in [0.717, 1.165) is 16.9 Å². The molecule has 1 aliphatic heterocycles. The molecule has 0 bridgehead atoms. The van der Waals surface area contributed by atoms with Gasteiger partial charge in [-0.15, -0.1) is 0 Å². The number of halogens is 1. The number of hydrogen-bond acceptors (Lipinski definition) is 2. The van der Waals surface area contributed by atoms with E-state index in [1.54, 1.807) is 4.90 Å². The van der Waals surface area contributed by atoms with Gasteiger partial charge in [-0.1, -0.05) is 60.1 Å². The van der Waals surface area contributed by atoms with Crippen LogP contribution in [0.5, 0.6) is 0 Å². The van der Waals surface area contributed by atoms with Crippen LogP contribution >= 0.6 is 11.6 Å². The predicted octanol–water partition coefficient (Wildman–Crippen LogP) is 5.42. The Hall–Kier alpha value is -3.04. The third-order valence-electron chi connectivity index (χ3n) is 4.35. The van der Waals surface area contributed by atoms with Gasteiger partial charge in [-0.2, -0.15) is 0 Å². The molecule has 128 valence electrons. The van der Waals surface area contributed by atoms with Crippen LogP contribution in [0, 0.1) is 0 Å². The van der Waals surface area contributed by atoms with Crippen LogP contribution < -0.4 is 10.2 Å². The van der Waals surface area contributed by atoms with Crippen LogP contribution in [0.15, 0.2) is 96.7 Å². The van der Waals surface area contributed by atoms with Gasteiger partial charge in [0.05, 0.1) is 6.04 Å². The van der Waals surface area contributed by atoms with Gasteiger partial charge >= 0.3 is 0 Å². The summed E-state index contributed by atoms with van der Waals surface area (Å²) in [5.41, 5.74) is 3.33. The van der Waals surface area contributed by atoms with E-state index in [1.165, 1.54) is 0 Å². The second kappa shape index (κ2) is 7.06. The number of benzene rings is 3. The number of para-hydroxylation sites is 2. The molecule has 1 amide bonds. The van der Waals surface area contributed by atoms with Gasteiger partial charge in [0.2, 0.25) is 0 Å². The SMILES string of the molecule is O=C1C(Nc2ccccc2)=C[C@H](c2ccc(Cl)cc2)N1c1ccccc1. The van der Waals surface area contributed by atoms with Gasteiger partial charge in [0.15, 0.2) is 0 Å². The van der Waals surface area contributed by atoms with E-state index >= 15 is 0 Å². The van der Waals surface area contributed by atoms with E-state index in [9.17, 15) is 4.79 Å². The van der Waals surface area contributed by atoms with Crippen LogP contribution in [0.3, 0.4) is 0 Å². The molecular formula is C22H17ClN2O. The van der Waals surface area contributed by atoms with Crippen LogP contribution in [-0.2, 0) is 4.79 Å². The van der Waals surface area contributed by atoms with Crippen molar-refractivity contribution in [2.75, 3.05) is 10.2 Å². The number of anilines is 2. The molecule has 1 atom stereocenters. The molecule has 3 aromatic carbocycles. The Morgan fingerprint density at radius 2 is 1.42 bits per heavy atom. The normalized spacial score (nSPS) is 16.5. The molecule has 1 heterocycles. The topological polar surface area (TPSA) is 32.3 Å². The van der Waals surface area contributed by atoms with E-state index in [2.05, 4.69) is 5.32 Å². The van der Waals surface area contributed by atoms with Crippen LogP contribution in [-0.4, -0.2) is 5.91 Å². The first-order valence-electron chi connectivity index (χ1n) is 8.40. The summed E-state index contributed by atoms with van der Waals surface area (Å²) in [6.07, 6.45) is 1.96. The third kappa shape index (κ3) is 3.22. The molecule has 0 saturated carbocycles. The minimum atomic E-state index is -0.187. The lowest BCUT2D eigenvalue weighted by molar-refractivity contribution is -0.114. The molecule has 26 heavy (non-hydrogen) atoms. The smallest absolute Gasteiger partial charge is 0.275 e. The Bertz CT molecular complexity index is 937. The lowest BCUT2D eigenvalue weighted by Crippen LogP contribution is -2.30. The molecule has 0 radical (unpaired) electrons. The fraction of sp³-hybridized carbons (Fsp3) is 0.0455. The first-order chi connectivity index (χ1) is 12.7. The molecule has 0 aromatic heterocycles. The van der Waals surface area contributed by atoms with Gasteiger partial charge in [0.1, 0.15) is 5.70 Å². The maximum Gasteiger partial charge on any atom is 0.275 e. The Balaban J connectivity index is 1.73. The highest BCUT2D eigenvalue weighted by Crippen LogP contribution is 2.36. The fourth-order valence-electron chi connectivity index (χ4n) is 3.10. The molecule has 1 aliphatic rings. The monoisotopic (exact) mass is 360 g/mol. The first kappa shape index (κ1) is 16.4. The average Bonchev–Trinajstić information content (AvgIpc) is 3.00. The Kier molecular flexibility index (Phi) is 4.46. The molecule has 4 rings (SSSR count). The number of nitrogens with one attached hydrogen (secondary N) is 1. The molecule has 0 aliphatic carbocycles. The molecule has 0 unspecified atom stereocenters. The summed E-state index contributed by atoms with van der Waals surface area (Å²) < 4.78 is 0. The quantitative estimate of drug-likeness (QED) is 0.673. The first-order valence-corrected chi connectivity index (χ1v) is 8.78. The molecule has 0 saturated heterocycles. The Morgan fingerprint density at radius 3 is 2.08 bits per heavy atom. The van der Waals surface area contributed by atoms with Gasteiger partial charge in [0, 0.05) is 16.4 Å². The lowest BCUT2D eigenvalue weighted by atomic mass is 10.1. The summed E-state index contributed by atoms with van der Waals surface area (Å²) in [4.78, 5) is 14.9. The van der Waals surface area contributed by atoms with Crippen molar-refractivity contribution in [3.8, 4) is 0 Å². The summed E-state index contributed by atoms with van der Waals surface area (Å²) in [5.74, 6) is -0.0556. The van der Waals surface area contributed by atoms with E-state index in [4.69, 9.17) is 11.6 Å². The highest BCUT2D eigenvalue weighted by atomic mass is 35.5. The average molecular weight is 361 g/mol. The van der Waals surface area contributed by atoms with Gasteiger partial charge in [0.25, 0.3) is 5.91 Å². The van der Waals surface area contributed by atoms with Crippen molar-refractivity contribution in [1.29, 1.82) is 0 Å². The molecule has 0 fully saturated rings. The molecular weight excluding hydrogens is 344 g/mol. The summed E-state index contributed by atoms with van der Waals surface area (Å²) in [7, 11) is 0. The number of amides is 1. The van der Waals surface area contributed by atoms with Crippen LogP contribution in [0.4, 0.5) is 11.4 Å². The number of carbonyl (C=O) groups is 1. The Morgan fingerprint density at radius 1 is 0.808 bits per heavy atom. The summed E-state index contributed by atoms with van der Waals surface area (Å²) in [6.45, 7) is 0. The largest absolute Gasteiger partial charge is 0.351 e. The van der Waals surface area contributed by atoms with Crippen molar-refractivity contribution in [3.05, 3.63) is 107 Å². The van der Waals surface area contributed by atoms with Crippen LogP contribution in [0.2, 0.25) is 5.02 Å². The molecule has 3 nitrogen and oxygen atoms in total. The second-order valence-corrected chi connectivity index (χ2v) is 6.51. The zero-order valence-electron chi connectivity index (χ0n) is 14.0. The number of nitrogens with zero attached hydrogens (tertiary/aromatic N) is 1. The number of rotatable bonds is 4. The number of carbonyl (C=O) groups excluding carboxylic acids is 1. The van der Waals surface area contributed by atoms with E-state index in [-0.39, 0.29) is 11.9 Å². The highest BCUT2D eigenvalue weighted by Gasteiger charge is 2.34. The van der Waals surface area contributed by atoms with Crippen molar-refractivity contribution in [2.45, 2.75) is 6.04 Å². The zero-order valence-corrected chi connectivity index (χ0v) is 14.7. The van der Waals surface area contributed by atoms with Gasteiger partial charge in [-0.25, -0.2) is 0 Å². The lowest BCUT2D eigenvalue weighted by Gasteiger charge is -2.25.